The molecule has 0 aromatic carbocycles. The van der Waals surface area contributed by atoms with E-state index in [1.54, 1.807) is 4.68 Å². The minimum Gasteiger partial charge on any atom is -0.434 e. The molecule has 0 aliphatic carbocycles. The number of rotatable bonds is 8. The number of carbonyl (C=O) groups excluding carboxylic acids is 2. The highest BCUT2D eigenvalue weighted by Gasteiger charge is 2.26. The van der Waals surface area contributed by atoms with Crippen molar-refractivity contribution in [2.45, 2.75) is 65.8 Å². The molecule has 0 atom stereocenters. The van der Waals surface area contributed by atoms with Crippen LogP contribution in [0.2, 0.25) is 0 Å². The molecule has 2 aromatic rings. The summed E-state index contributed by atoms with van der Waals surface area (Å²) in [5, 5.41) is 4.46. The van der Waals surface area contributed by atoms with Crippen molar-refractivity contribution in [3.05, 3.63) is 29.2 Å². The van der Waals surface area contributed by atoms with Crippen molar-refractivity contribution in [3.63, 3.8) is 0 Å². The van der Waals surface area contributed by atoms with Gasteiger partial charge >= 0.3 is 18.9 Å². The summed E-state index contributed by atoms with van der Waals surface area (Å²) in [6.45, 7) is 3.13. The topological polar surface area (TPSA) is 74.1 Å². The lowest BCUT2D eigenvalue weighted by Crippen LogP contribution is -2.09. The van der Waals surface area contributed by atoms with Crippen LogP contribution >= 0.6 is 0 Å². The van der Waals surface area contributed by atoms with Gasteiger partial charge in [-0.15, -0.1) is 0 Å². The lowest BCUT2D eigenvalue weighted by molar-refractivity contribution is -0.191. The molecule has 0 saturated heterocycles. The summed E-state index contributed by atoms with van der Waals surface area (Å²) in [6, 6.07) is 1.29. The van der Waals surface area contributed by atoms with Gasteiger partial charge in [-0.25, -0.2) is 0 Å². The molecule has 0 aliphatic heterocycles. The van der Waals surface area contributed by atoms with E-state index in [1.807, 2.05) is 20.8 Å². The molecule has 2 aromatic heterocycles. The molecule has 2 rings (SSSR count). The average Bonchev–Trinajstić information content (AvgIpc) is 2.97. The van der Waals surface area contributed by atoms with E-state index in [9.17, 15) is 22.0 Å². The highest BCUT2D eigenvalue weighted by Crippen LogP contribution is 2.35. The first-order valence-electron chi connectivity index (χ1n) is 9.14. The van der Waals surface area contributed by atoms with Crippen LogP contribution in [0.25, 0.3) is 11.3 Å². The van der Waals surface area contributed by atoms with Gasteiger partial charge in [0.1, 0.15) is 5.75 Å². The fourth-order valence-electron chi connectivity index (χ4n) is 2.96. The molecule has 0 spiro atoms. The minimum atomic E-state index is -4.26. The fourth-order valence-corrected chi connectivity index (χ4v) is 2.96. The van der Waals surface area contributed by atoms with Gasteiger partial charge in [-0.1, -0.05) is 6.92 Å². The lowest BCUT2D eigenvalue weighted by atomic mass is 10.0. The molecule has 0 aliphatic rings. The number of aromatic nitrogens is 3. The first kappa shape index (κ1) is 25.2. The van der Waals surface area contributed by atoms with Gasteiger partial charge in [-0.2, -0.15) is 36.6 Å². The van der Waals surface area contributed by atoms with Gasteiger partial charge in [0.2, 0.25) is 0 Å². The van der Waals surface area contributed by atoms with Crippen molar-refractivity contribution in [2.75, 3.05) is 0 Å². The Balaban J connectivity index is 0.00000141. The average molecular weight is 435 g/mol. The quantitative estimate of drug-likeness (QED) is 0.560. The monoisotopic (exact) mass is 435 g/mol. The molecule has 0 radical (unpaired) electrons. The van der Waals surface area contributed by atoms with Gasteiger partial charge in [0.05, 0.1) is 17.0 Å². The standard InChI is InChI=1S/C18H22F5N3O.CO2/c1-4-14-11(3)16(26(5-2)25-14)13-10-24-12(7-6-8-18(21,22)23)9-15(13)27-17(19)20;2-1-3/h9-10,17H,4-8H2,1-3H3;. The molecule has 0 saturated carbocycles. The first-order valence-corrected chi connectivity index (χ1v) is 9.14. The Morgan fingerprint density at radius 3 is 2.37 bits per heavy atom. The number of aryl methyl sites for hydroxylation is 3. The van der Waals surface area contributed by atoms with Gasteiger partial charge in [-0.3, -0.25) is 9.67 Å². The molecule has 0 N–H and O–H groups in total. The summed E-state index contributed by atoms with van der Waals surface area (Å²) in [5.74, 6) is -0.109. The van der Waals surface area contributed by atoms with Crippen molar-refractivity contribution in [1.82, 2.24) is 14.8 Å². The third-order valence-corrected chi connectivity index (χ3v) is 4.21. The summed E-state index contributed by atoms with van der Waals surface area (Å²) in [7, 11) is 0. The number of hydrogen-bond donors (Lipinski definition) is 0. The third-order valence-electron chi connectivity index (χ3n) is 4.21. The van der Waals surface area contributed by atoms with E-state index >= 15 is 0 Å². The van der Waals surface area contributed by atoms with Crippen LogP contribution in [0, 0.1) is 6.92 Å². The predicted molar refractivity (Wildman–Crippen MR) is 95.9 cm³/mol. The van der Waals surface area contributed by atoms with E-state index in [2.05, 4.69) is 14.8 Å². The number of nitrogens with zero attached hydrogens (tertiary/aromatic N) is 3. The second-order valence-electron chi connectivity index (χ2n) is 6.19. The molecule has 2 heterocycles. The normalized spacial score (nSPS) is 11.1. The minimum absolute atomic E-state index is 0.0195. The fraction of sp³-hybridized carbons (Fsp3) is 0.526. The van der Waals surface area contributed by atoms with Crippen LogP contribution in [-0.4, -0.2) is 33.7 Å². The van der Waals surface area contributed by atoms with Crippen LogP contribution in [0.15, 0.2) is 12.3 Å². The molecule has 166 valence electrons. The molecule has 11 heteroatoms. The van der Waals surface area contributed by atoms with Crippen LogP contribution in [0.5, 0.6) is 5.75 Å². The van der Waals surface area contributed by atoms with Gasteiger partial charge < -0.3 is 4.74 Å². The molecule has 6 nitrogen and oxygen atoms in total. The third kappa shape index (κ3) is 7.22. The number of pyridine rings is 1. The predicted octanol–water partition coefficient (Wildman–Crippen LogP) is 4.74. The second-order valence-corrected chi connectivity index (χ2v) is 6.19. The lowest BCUT2D eigenvalue weighted by Gasteiger charge is -2.14. The largest absolute Gasteiger partial charge is 0.434 e. The summed E-state index contributed by atoms with van der Waals surface area (Å²) >= 11 is 0. The zero-order valence-electron chi connectivity index (χ0n) is 16.7. The molecular formula is C19H22F5N3O3. The van der Waals surface area contributed by atoms with Crippen LogP contribution in [0.1, 0.15) is 43.6 Å². The van der Waals surface area contributed by atoms with Crippen LogP contribution in [-0.2, 0) is 29.0 Å². The van der Waals surface area contributed by atoms with Crippen molar-refractivity contribution in [1.29, 1.82) is 0 Å². The Bertz CT molecular complexity index is 860. The van der Waals surface area contributed by atoms with E-state index in [0.29, 0.717) is 24.2 Å². The first-order chi connectivity index (χ1) is 14.1. The molecular weight excluding hydrogens is 413 g/mol. The smallest absolute Gasteiger partial charge is 0.389 e. The summed E-state index contributed by atoms with van der Waals surface area (Å²) < 4.78 is 69.0. The van der Waals surface area contributed by atoms with E-state index in [1.165, 1.54) is 12.3 Å². The van der Waals surface area contributed by atoms with Gasteiger partial charge in [0.15, 0.2) is 0 Å². The summed E-state index contributed by atoms with van der Waals surface area (Å²) in [6.07, 6.45) is -3.07. The maximum Gasteiger partial charge on any atom is 0.389 e. The van der Waals surface area contributed by atoms with Gasteiger partial charge in [-0.05, 0) is 38.7 Å². The zero-order valence-corrected chi connectivity index (χ0v) is 16.7. The highest BCUT2D eigenvalue weighted by atomic mass is 19.4. The van der Waals surface area contributed by atoms with Crippen LogP contribution in [0.4, 0.5) is 22.0 Å². The van der Waals surface area contributed by atoms with E-state index in [-0.39, 0.29) is 30.4 Å². The maximum atomic E-state index is 12.9. The SMILES string of the molecule is CCc1nn(CC)c(-c2cnc(CCCC(F)(F)F)cc2OC(F)F)c1C.O=C=O. The molecule has 0 bridgehead atoms. The Kier molecular flexibility index (Phi) is 9.58. The zero-order chi connectivity index (χ0) is 22.9. The Hall–Kier alpha value is -2.81. The molecule has 0 unspecified atom stereocenters. The van der Waals surface area contributed by atoms with Crippen molar-refractivity contribution >= 4 is 6.15 Å². The Morgan fingerprint density at radius 2 is 1.87 bits per heavy atom. The van der Waals surface area contributed by atoms with Crippen LogP contribution in [0.3, 0.4) is 0 Å². The van der Waals surface area contributed by atoms with Crippen molar-refractivity contribution in [3.8, 4) is 17.0 Å². The summed E-state index contributed by atoms with van der Waals surface area (Å²) in [4.78, 5) is 20.4. The van der Waals surface area contributed by atoms with Crippen LogP contribution < -0.4 is 4.74 Å². The maximum absolute atomic E-state index is 12.9. The van der Waals surface area contributed by atoms with E-state index in [0.717, 1.165) is 11.3 Å². The van der Waals surface area contributed by atoms with E-state index in [4.69, 9.17) is 9.59 Å². The number of alkyl halides is 5. The van der Waals surface area contributed by atoms with Gasteiger partial charge in [0.25, 0.3) is 0 Å². The number of hydrogen-bond acceptors (Lipinski definition) is 5. The number of halogens is 5. The Morgan fingerprint density at radius 1 is 1.23 bits per heavy atom. The summed E-state index contributed by atoms with van der Waals surface area (Å²) in [5.41, 5.74) is 2.92. The molecule has 30 heavy (non-hydrogen) atoms. The van der Waals surface area contributed by atoms with Crippen molar-refractivity contribution in [2.24, 2.45) is 0 Å². The second kappa shape index (κ2) is 11.4. The van der Waals surface area contributed by atoms with Crippen molar-refractivity contribution < 1.29 is 36.3 Å². The van der Waals surface area contributed by atoms with E-state index < -0.39 is 19.2 Å². The Labute approximate surface area is 170 Å². The van der Waals surface area contributed by atoms with Gasteiger partial charge in [0, 0.05) is 30.9 Å². The highest BCUT2D eigenvalue weighted by molar-refractivity contribution is 5.70. The molecule has 0 amide bonds. The number of ether oxygens (including phenoxy) is 1. The molecule has 0 fully saturated rings.